The first-order chi connectivity index (χ1) is 9.78. The Bertz CT molecular complexity index is 659. The molecule has 0 heterocycles. The molecule has 0 saturated heterocycles. The molecule has 21 heavy (non-hydrogen) atoms. The predicted molar refractivity (Wildman–Crippen MR) is 63.9 cm³/mol. The summed E-state index contributed by atoms with van der Waals surface area (Å²) in [5.74, 6) is -2.57. The molecule has 0 atom stereocenters. The van der Waals surface area contributed by atoms with E-state index in [1.807, 2.05) is 0 Å². The second kappa shape index (κ2) is 5.51. The van der Waals surface area contributed by atoms with Crippen molar-refractivity contribution in [1.29, 1.82) is 0 Å². The zero-order chi connectivity index (χ0) is 15.6. The van der Waals surface area contributed by atoms with Crippen LogP contribution in [0, 0.1) is 11.6 Å². The van der Waals surface area contributed by atoms with Crippen molar-refractivity contribution in [3.63, 3.8) is 0 Å². The Hall–Kier alpha value is -2.44. The lowest BCUT2D eigenvalue weighted by Crippen LogP contribution is -2.17. The van der Waals surface area contributed by atoms with E-state index >= 15 is 0 Å². The van der Waals surface area contributed by atoms with Crippen molar-refractivity contribution in [1.82, 2.24) is 0 Å². The molecule has 0 amide bonds. The van der Waals surface area contributed by atoms with Crippen LogP contribution < -0.4 is 4.74 Å². The molecule has 2 nitrogen and oxygen atoms in total. The zero-order valence-electron chi connectivity index (χ0n) is 10.2. The third kappa shape index (κ3) is 3.77. The molecule has 2 rings (SSSR count). The van der Waals surface area contributed by atoms with E-state index in [9.17, 15) is 26.7 Å². The van der Waals surface area contributed by atoms with Crippen LogP contribution in [-0.4, -0.2) is 12.6 Å². The molecule has 110 valence electrons. The molecule has 0 N–H and O–H groups in total. The average Bonchev–Trinajstić information content (AvgIpc) is 2.36. The summed E-state index contributed by atoms with van der Waals surface area (Å²) in [5.41, 5.74) is -0.366. The van der Waals surface area contributed by atoms with Gasteiger partial charge in [-0.2, -0.15) is 0 Å². The van der Waals surface area contributed by atoms with Crippen LogP contribution >= 0.6 is 0 Å². The van der Waals surface area contributed by atoms with Gasteiger partial charge in [-0.25, -0.2) is 8.78 Å². The summed E-state index contributed by atoms with van der Waals surface area (Å²) in [6, 6.07) is 5.34. The molecule has 0 aliphatic rings. The van der Waals surface area contributed by atoms with Gasteiger partial charge in [0.05, 0.1) is 0 Å². The van der Waals surface area contributed by atoms with E-state index in [2.05, 4.69) is 4.74 Å². The number of benzene rings is 2. The maximum atomic E-state index is 13.2. The third-order valence-corrected chi connectivity index (χ3v) is 2.54. The Morgan fingerprint density at radius 2 is 1.57 bits per heavy atom. The molecule has 0 unspecified atom stereocenters. The first-order valence-corrected chi connectivity index (χ1v) is 5.60. The monoisotopic (exact) mass is 302 g/mol. The van der Waals surface area contributed by atoms with Crippen molar-refractivity contribution >= 4 is 6.29 Å². The molecule has 7 heteroatoms. The maximum absolute atomic E-state index is 13.2. The molecule has 0 bridgehead atoms. The Labute approximate surface area is 115 Å². The number of alkyl halides is 3. The maximum Gasteiger partial charge on any atom is 0.573 e. The number of hydrogen-bond donors (Lipinski definition) is 0. The lowest BCUT2D eigenvalue weighted by molar-refractivity contribution is -0.274. The van der Waals surface area contributed by atoms with E-state index in [0.717, 1.165) is 30.3 Å². The minimum Gasteiger partial charge on any atom is -0.405 e. The summed E-state index contributed by atoms with van der Waals surface area (Å²) >= 11 is 0. The van der Waals surface area contributed by atoms with Gasteiger partial charge < -0.3 is 4.74 Å². The van der Waals surface area contributed by atoms with Crippen molar-refractivity contribution in [2.24, 2.45) is 0 Å². The van der Waals surface area contributed by atoms with Gasteiger partial charge in [0.25, 0.3) is 0 Å². The number of hydrogen-bond acceptors (Lipinski definition) is 2. The normalized spacial score (nSPS) is 11.3. The number of aldehydes is 1. The van der Waals surface area contributed by atoms with E-state index in [-0.39, 0.29) is 16.7 Å². The van der Waals surface area contributed by atoms with Crippen LogP contribution in [0.15, 0.2) is 36.4 Å². The molecule has 2 aromatic carbocycles. The van der Waals surface area contributed by atoms with E-state index in [1.165, 1.54) is 0 Å². The Balaban J connectivity index is 2.60. The molecule has 0 aliphatic carbocycles. The van der Waals surface area contributed by atoms with Crippen LogP contribution in [0.1, 0.15) is 10.4 Å². The van der Waals surface area contributed by atoms with Gasteiger partial charge >= 0.3 is 6.36 Å². The van der Waals surface area contributed by atoms with Gasteiger partial charge in [0.1, 0.15) is 23.7 Å². The van der Waals surface area contributed by atoms with Crippen molar-refractivity contribution in [2.75, 3.05) is 0 Å². The van der Waals surface area contributed by atoms with E-state index in [1.54, 1.807) is 0 Å². The number of halogens is 5. The lowest BCUT2D eigenvalue weighted by atomic mass is 10.0. The minimum atomic E-state index is -4.97. The van der Waals surface area contributed by atoms with Crippen molar-refractivity contribution in [3.8, 4) is 16.9 Å². The van der Waals surface area contributed by atoms with Gasteiger partial charge in [-0.1, -0.05) is 0 Å². The van der Waals surface area contributed by atoms with E-state index in [4.69, 9.17) is 0 Å². The molecule has 0 aliphatic heterocycles. The predicted octanol–water partition coefficient (Wildman–Crippen LogP) is 4.34. The second-order valence-corrected chi connectivity index (χ2v) is 4.08. The summed E-state index contributed by atoms with van der Waals surface area (Å²) < 4.78 is 67.2. The highest BCUT2D eigenvalue weighted by Crippen LogP contribution is 2.35. The molecule has 0 spiro atoms. The fourth-order valence-electron chi connectivity index (χ4n) is 1.77. The SMILES string of the molecule is O=Cc1ccc(OC(F)(F)F)c(-c2cc(F)cc(F)c2)c1. The highest BCUT2D eigenvalue weighted by atomic mass is 19.4. The van der Waals surface area contributed by atoms with Crippen LogP contribution in [0.25, 0.3) is 11.1 Å². The van der Waals surface area contributed by atoms with Crippen LogP contribution in [0.4, 0.5) is 22.0 Å². The molecule has 0 radical (unpaired) electrons. The van der Waals surface area contributed by atoms with Crippen LogP contribution in [0.3, 0.4) is 0 Å². The average molecular weight is 302 g/mol. The Kier molecular flexibility index (Phi) is 3.93. The molecule has 0 saturated carbocycles. The minimum absolute atomic E-state index is 0.0455. The van der Waals surface area contributed by atoms with Gasteiger partial charge in [-0.05, 0) is 35.9 Å². The molecular formula is C14H7F5O2. The summed E-state index contributed by atoms with van der Waals surface area (Å²) in [7, 11) is 0. The van der Waals surface area contributed by atoms with Crippen molar-refractivity contribution in [3.05, 3.63) is 53.6 Å². The van der Waals surface area contributed by atoms with E-state index < -0.39 is 23.7 Å². The van der Waals surface area contributed by atoms with E-state index in [0.29, 0.717) is 12.4 Å². The van der Waals surface area contributed by atoms with Crippen molar-refractivity contribution < 1.29 is 31.5 Å². The molecule has 0 fully saturated rings. The zero-order valence-corrected chi connectivity index (χ0v) is 10.2. The third-order valence-electron chi connectivity index (χ3n) is 2.54. The highest BCUT2D eigenvalue weighted by molar-refractivity contribution is 5.81. The summed E-state index contributed by atoms with van der Waals surface area (Å²) in [6.07, 6.45) is -4.57. The highest BCUT2D eigenvalue weighted by Gasteiger charge is 2.32. The number of rotatable bonds is 3. The largest absolute Gasteiger partial charge is 0.573 e. The smallest absolute Gasteiger partial charge is 0.405 e. The van der Waals surface area contributed by atoms with Crippen LogP contribution in [0.5, 0.6) is 5.75 Å². The van der Waals surface area contributed by atoms with Crippen molar-refractivity contribution in [2.45, 2.75) is 6.36 Å². The number of ether oxygens (including phenoxy) is 1. The molecular weight excluding hydrogens is 295 g/mol. The molecule has 2 aromatic rings. The van der Waals surface area contributed by atoms with Gasteiger partial charge in [-0.15, -0.1) is 13.2 Å². The molecule has 0 aromatic heterocycles. The first kappa shape index (κ1) is 15.0. The quantitative estimate of drug-likeness (QED) is 0.622. The van der Waals surface area contributed by atoms with Crippen LogP contribution in [0.2, 0.25) is 0 Å². The Morgan fingerprint density at radius 1 is 0.952 bits per heavy atom. The Morgan fingerprint density at radius 3 is 2.10 bits per heavy atom. The first-order valence-electron chi connectivity index (χ1n) is 5.60. The summed E-state index contributed by atoms with van der Waals surface area (Å²) in [6.45, 7) is 0. The van der Waals surface area contributed by atoms with Gasteiger partial charge in [-0.3, -0.25) is 4.79 Å². The van der Waals surface area contributed by atoms with Gasteiger partial charge in [0.2, 0.25) is 0 Å². The summed E-state index contributed by atoms with van der Waals surface area (Å²) in [5, 5.41) is 0. The summed E-state index contributed by atoms with van der Waals surface area (Å²) in [4.78, 5) is 10.7. The lowest BCUT2D eigenvalue weighted by Gasteiger charge is -2.14. The van der Waals surface area contributed by atoms with Gasteiger partial charge in [0.15, 0.2) is 0 Å². The van der Waals surface area contributed by atoms with Crippen LogP contribution in [-0.2, 0) is 0 Å². The topological polar surface area (TPSA) is 26.3 Å². The fraction of sp³-hybridized carbons (Fsp3) is 0.0714. The standard InChI is InChI=1S/C14H7F5O2/c15-10-4-9(5-11(16)6-10)12-3-8(7-20)1-2-13(12)21-14(17,18)19/h1-7H. The van der Waals surface area contributed by atoms with Gasteiger partial charge in [0, 0.05) is 17.2 Å². The second-order valence-electron chi connectivity index (χ2n) is 4.08. The number of carbonyl (C=O) groups excluding carboxylic acids is 1. The fourth-order valence-corrected chi connectivity index (χ4v) is 1.77. The number of carbonyl (C=O) groups is 1.